The summed E-state index contributed by atoms with van der Waals surface area (Å²) < 4.78 is 27.6. The van der Waals surface area contributed by atoms with Gasteiger partial charge in [-0.3, -0.25) is 0 Å². The van der Waals surface area contributed by atoms with Crippen LogP contribution in [-0.2, 0) is 0 Å². The third-order valence-electron chi connectivity index (χ3n) is 2.35. The van der Waals surface area contributed by atoms with Crippen molar-refractivity contribution in [2.45, 2.75) is 9.79 Å². The molecule has 1 N–H and O–H groups in total. The normalized spacial score (nSPS) is 10.6. The quantitative estimate of drug-likeness (QED) is 0.846. The number of benzene rings is 2. The van der Waals surface area contributed by atoms with E-state index < -0.39 is 23.2 Å². The van der Waals surface area contributed by atoms with E-state index in [-0.39, 0.29) is 4.90 Å². The second-order valence-electron chi connectivity index (χ2n) is 3.75. The van der Waals surface area contributed by atoms with Crippen LogP contribution in [0.4, 0.5) is 8.78 Å². The predicted molar refractivity (Wildman–Crippen MR) is 73.9 cm³/mol. The Morgan fingerprint density at radius 3 is 2.25 bits per heavy atom. The lowest BCUT2D eigenvalue weighted by Crippen LogP contribution is -2.00. The van der Waals surface area contributed by atoms with Crippen molar-refractivity contribution in [3.63, 3.8) is 0 Å². The Balaban J connectivity index is 2.44. The van der Waals surface area contributed by atoms with E-state index in [4.69, 9.17) is 28.3 Å². The zero-order chi connectivity index (χ0) is 14.9. The molecular weight excluding hydrogens is 329 g/mol. The number of carboxylic acid groups (broad SMARTS) is 1. The first-order valence-corrected chi connectivity index (χ1v) is 6.81. The molecule has 0 aliphatic rings. The van der Waals surface area contributed by atoms with Crippen molar-refractivity contribution in [1.82, 2.24) is 0 Å². The average molecular weight is 335 g/mol. The number of hydrogen-bond donors (Lipinski definition) is 1. The van der Waals surface area contributed by atoms with Gasteiger partial charge in [0.1, 0.15) is 11.6 Å². The van der Waals surface area contributed by atoms with Crippen LogP contribution in [-0.4, -0.2) is 11.1 Å². The van der Waals surface area contributed by atoms with Gasteiger partial charge >= 0.3 is 5.97 Å². The van der Waals surface area contributed by atoms with Gasteiger partial charge in [-0.05, 0) is 30.3 Å². The molecule has 2 aromatic carbocycles. The number of aromatic carboxylic acids is 1. The average Bonchev–Trinajstić information content (AvgIpc) is 2.37. The first-order valence-electron chi connectivity index (χ1n) is 5.23. The van der Waals surface area contributed by atoms with Gasteiger partial charge in [-0.25, -0.2) is 13.6 Å². The van der Waals surface area contributed by atoms with Gasteiger partial charge < -0.3 is 5.11 Å². The van der Waals surface area contributed by atoms with Gasteiger partial charge in [-0.15, -0.1) is 0 Å². The summed E-state index contributed by atoms with van der Waals surface area (Å²) in [4.78, 5) is 10.7. The van der Waals surface area contributed by atoms with Crippen LogP contribution >= 0.6 is 35.0 Å². The Morgan fingerprint density at radius 1 is 1.10 bits per heavy atom. The van der Waals surface area contributed by atoms with E-state index in [9.17, 15) is 13.6 Å². The summed E-state index contributed by atoms with van der Waals surface area (Å²) in [7, 11) is 0. The molecule has 7 heteroatoms. The fourth-order valence-corrected chi connectivity index (χ4v) is 2.80. The molecule has 104 valence electrons. The number of hydrogen-bond acceptors (Lipinski definition) is 2. The van der Waals surface area contributed by atoms with Crippen molar-refractivity contribution in [3.05, 3.63) is 57.6 Å². The second kappa shape index (κ2) is 5.99. The van der Waals surface area contributed by atoms with Crippen molar-refractivity contribution >= 4 is 40.9 Å². The van der Waals surface area contributed by atoms with Gasteiger partial charge in [0.25, 0.3) is 0 Å². The second-order valence-corrected chi connectivity index (χ2v) is 5.65. The molecule has 0 radical (unpaired) electrons. The lowest BCUT2D eigenvalue weighted by atomic mass is 10.2. The summed E-state index contributed by atoms with van der Waals surface area (Å²) in [6.07, 6.45) is 0. The Bertz CT molecular complexity index is 669. The number of halogens is 4. The molecule has 20 heavy (non-hydrogen) atoms. The molecule has 0 fully saturated rings. The highest BCUT2D eigenvalue weighted by molar-refractivity contribution is 7.99. The molecule has 0 saturated carbocycles. The van der Waals surface area contributed by atoms with Crippen molar-refractivity contribution in [1.29, 1.82) is 0 Å². The molecule has 0 heterocycles. The zero-order valence-corrected chi connectivity index (χ0v) is 12.0. The predicted octanol–water partition coefficient (Wildman–Crippen LogP) is 5.12. The SMILES string of the molecule is O=C(O)c1cc(F)c(Sc2cc(Cl)ccc2Cl)c(F)c1. The maximum absolute atomic E-state index is 13.8. The summed E-state index contributed by atoms with van der Waals surface area (Å²) >= 11 is 12.4. The van der Waals surface area contributed by atoms with Gasteiger partial charge in [0.05, 0.1) is 15.5 Å². The minimum Gasteiger partial charge on any atom is -0.478 e. The number of carboxylic acids is 1. The van der Waals surface area contributed by atoms with E-state index in [0.717, 1.165) is 23.9 Å². The molecule has 0 unspecified atom stereocenters. The number of rotatable bonds is 3. The van der Waals surface area contributed by atoms with Gasteiger partial charge in [0.15, 0.2) is 0 Å². The summed E-state index contributed by atoms with van der Waals surface area (Å²) in [5.74, 6) is -3.34. The molecule has 0 bridgehead atoms. The van der Waals surface area contributed by atoms with Crippen molar-refractivity contribution in [2.24, 2.45) is 0 Å². The highest BCUT2D eigenvalue weighted by Gasteiger charge is 2.17. The first-order chi connectivity index (χ1) is 9.38. The van der Waals surface area contributed by atoms with Gasteiger partial charge in [0.2, 0.25) is 0 Å². The van der Waals surface area contributed by atoms with Crippen LogP contribution in [0.1, 0.15) is 10.4 Å². The molecule has 2 nitrogen and oxygen atoms in total. The van der Waals surface area contributed by atoms with Crippen LogP contribution in [0.15, 0.2) is 40.1 Å². The minimum absolute atomic E-state index is 0.292. The maximum Gasteiger partial charge on any atom is 0.335 e. The topological polar surface area (TPSA) is 37.3 Å². The Hall–Kier alpha value is -1.30. The molecule has 0 aliphatic heterocycles. The van der Waals surface area contributed by atoms with Crippen LogP contribution in [0.3, 0.4) is 0 Å². The van der Waals surface area contributed by atoms with Crippen LogP contribution < -0.4 is 0 Å². The number of carbonyl (C=O) groups is 1. The molecule has 0 amide bonds. The molecule has 0 atom stereocenters. The first kappa shape index (κ1) is 15.1. The van der Waals surface area contributed by atoms with Gasteiger partial charge in [0, 0.05) is 9.92 Å². The van der Waals surface area contributed by atoms with E-state index in [2.05, 4.69) is 0 Å². The largest absolute Gasteiger partial charge is 0.478 e. The maximum atomic E-state index is 13.8. The molecule has 2 aromatic rings. The Morgan fingerprint density at radius 2 is 1.70 bits per heavy atom. The summed E-state index contributed by atoms with van der Waals surface area (Å²) in [6, 6.07) is 6.04. The smallest absolute Gasteiger partial charge is 0.335 e. The fraction of sp³-hybridized carbons (Fsp3) is 0. The molecule has 0 saturated heterocycles. The third-order valence-corrected chi connectivity index (χ3v) is 4.18. The van der Waals surface area contributed by atoms with E-state index in [1.807, 2.05) is 0 Å². The Kier molecular flexibility index (Phi) is 4.52. The lowest BCUT2D eigenvalue weighted by Gasteiger charge is -2.08. The molecule has 0 aliphatic carbocycles. The van der Waals surface area contributed by atoms with E-state index in [1.54, 1.807) is 6.07 Å². The molecule has 2 rings (SSSR count). The lowest BCUT2D eigenvalue weighted by molar-refractivity contribution is 0.0695. The highest BCUT2D eigenvalue weighted by Crippen LogP contribution is 2.37. The van der Waals surface area contributed by atoms with Crippen LogP contribution in [0.25, 0.3) is 0 Å². The van der Waals surface area contributed by atoms with Crippen LogP contribution in [0.2, 0.25) is 10.0 Å². The molecule has 0 spiro atoms. The van der Waals surface area contributed by atoms with Crippen LogP contribution in [0.5, 0.6) is 0 Å². The summed E-state index contributed by atoms with van der Waals surface area (Å²) in [5.41, 5.74) is -0.457. The standard InChI is InChI=1S/C13H6Cl2F2O2S/c14-7-1-2-8(15)11(5-7)20-12-9(16)3-6(13(18)19)4-10(12)17/h1-5H,(H,18,19). The van der Waals surface area contributed by atoms with Gasteiger partial charge in [-0.1, -0.05) is 35.0 Å². The fourth-order valence-electron chi connectivity index (χ4n) is 1.45. The minimum atomic E-state index is -1.40. The molecule has 0 aromatic heterocycles. The molecular formula is C13H6Cl2F2O2S. The van der Waals surface area contributed by atoms with Gasteiger partial charge in [-0.2, -0.15) is 0 Å². The van der Waals surface area contributed by atoms with E-state index >= 15 is 0 Å². The monoisotopic (exact) mass is 334 g/mol. The summed E-state index contributed by atoms with van der Waals surface area (Å²) in [6.45, 7) is 0. The summed E-state index contributed by atoms with van der Waals surface area (Å²) in [5, 5.41) is 9.38. The third kappa shape index (κ3) is 3.23. The van der Waals surface area contributed by atoms with Crippen molar-refractivity contribution in [3.8, 4) is 0 Å². The highest BCUT2D eigenvalue weighted by atomic mass is 35.5. The van der Waals surface area contributed by atoms with E-state index in [1.165, 1.54) is 12.1 Å². The van der Waals surface area contributed by atoms with Crippen molar-refractivity contribution in [2.75, 3.05) is 0 Å². The van der Waals surface area contributed by atoms with Crippen LogP contribution in [0, 0.1) is 11.6 Å². The zero-order valence-electron chi connectivity index (χ0n) is 9.66. The Labute approximate surface area is 127 Å². The van der Waals surface area contributed by atoms with Crippen molar-refractivity contribution < 1.29 is 18.7 Å². The van der Waals surface area contributed by atoms with E-state index in [0.29, 0.717) is 14.9 Å².